The molecule has 0 aliphatic heterocycles. The normalized spacial score (nSPS) is 11.3. The summed E-state index contributed by atoms with van der Waals surface area (Å²) in [5.41, 5.74) is 2.45. The summed E-state index contributed by atoms with van der Waals surface area (Å²) in [6, 6.07) is 3.40. The Balaban J connectivity index is 2.75. The predicted octanol–water partition coefficient (Wildman–Crippen LogP) is 3.53. The molecule has 0 aliphatic carbocycles. The Bertz CT molecular complexity index is 545. The van der Waals surface area contributed by atoms with Gasteiger partial charge in [-0.05, 0) is 51.3 Å². The second kappa shape index (κ2) is 6.72. The Kier molecular flexibility index (Phi) is 5.49. The van der Waals surface area contributed by atoms with E-state index in [4.69, 9.17) is 4.74 Å². The van der Waals surface area contributed by atoms with E-state index in [1.807, 2.05) is 19.9 Å². The third-order valence-electron chi connectivity index (χ3n) is 2.89. The van der Waals surface area contributed by atoms with Gasteiger partial charge in [0.05, 0.1) is 4.92 Å². The zero-order chi connectivity index (χ0) is 16.2. The van der Waals surface area contributed by atoms with Gasteiger partial charge in [0.25, 0.3) is 0 Å². The van der Waals surface area contributed by atoms with Crippen LogP contribution in [0.4, 0.5) is 5.69 Å². The molecule has 0 radical (unpaired) electrons. The highest BCUT2D eigenvalue weighted by molar-refractivity contribution is 5.53. The molecule has 0 aliphatic rings. The minimum absolute atomic E-state index is 0.00378. The van der Waals surface area contributed by atoms with E-state index in [0.29, 0.717) is 12.3 Å². The number of aryl methyl sites for hydroxylation is 2. The molecule has 0 saturated carbocycles. The first-order valence-electron chi connectivity index (χ1n) is 6.90. The lowest BCUT2D eigenvalue weighted by Crippen LogP contribution is -2.37. The van der Waals surface area contributed by atoms with Crippen molar-refractivity contribution in [1.29, 1.82) is 0 Å². The molecule has 0 amide bonds. The van der Waals surface area contributed by atoms with Crippen molar-refractivity contribution >= 4 is 5.69 Å². The SMILES string of the molecule is C=C(CNC(C)(C)C)COc1c(C)cc(C)cc1[N+](=O)[O-]. The lowest BCUT2D eigenvalue weighted by atomic mass is 10.1. The van der Waals surface area contributed by atoms with E-state index >= 15 is 0 Å². The fraction of sp³-hybridized carbons (Fsp3) is 0.500. The summed E-state index contributed by atoms with van der Waals surface area (Å²) in [4.78, 5) is 10.7. The number of nitrogens with one attached hydrogen (secondary N) is 1. The van der Waals surface area contributed by atoms with E-state index in [0.717, 1.165) is 16.7 Å². The van der Waals surface area contributed by atoms with Crippen molar-refractivity contribution in [3.05, 3.63) is 45.5 Å². The van der Waals surface area contributed by atoms with Crippen molar-refractivity contribution in [2.45, 2.75) is 40.2 Å². The largest absolute Gasteiger partial charge is 0.482 e. The monoisotopic (exact) mass is 292 g/mol. The van der Waals surface area contributed by atoms with E-state index in [1.54, 1.807) is 0 Å². The van der Waals surface area contributed by atoms with E-state index in [2.05, 4.69) is 32.7 Å². The Labute approximate surface area is 126 Å². The van der Waals surface area contributed by atoms with Crippen molar-refractivity contribution in [2.75, 3.05) is 13.2 Å². The molecular weight excluding hydrogens is 268 g/mol. The Morgan fingerprint density at radius 1 is 1.38 bits per heavy atom. The molecule has 116 valence electrons. The lowest BCUT2D eigenvalue weighted by Gasteiger charge is -2.21. The van der Waals surface area contributed by atoms with Gasteiger partial charge in [-0.15, -0.1) is 0 Å². The number of hydrogen-bond acceptors (Lipinski definition) is 4. The van der Waals surface area contributed by atoms with E-state index < -0.39 is 4.92 Å². The van der Waals surface area contributed by atoms with Crippen LogP contribution in [0.1, 0.15) is 31.9 Å². The second-order valence-electron chi connectivity index (χ2n) is 6.33. The van der Waals surface area contributed by atoms with Gasteiger partial charge in [0.2, 0.25) is 0 Å². The zero-order valence-electron chi connectivity index (χ0n) is 13.4. The third-order valence-corrected chi connectivity index (χ3v) is 2.89. The molecule has 0 unspecified atom stereocenters. The summed E-state index contributed by atoms with van der Waals surface area (Å²) in [5.74, 6) is 0.322. The number of nitro benzene ring substituents is 1. The van der Waals surface area contributed by atoms with Crippen LogP contribution in [0.2, 0.25) is 0 Å². The Morgan fingerprint density at radius 2 is 2.00 bits per heavy atom. The van der Waals surface area contributed by atoms with E-state index in [9.17, 15) is 10.1 Å². The van der Waals surface area contributed by atoms with Gasteiger partial charge in [-0.1, -0.05) is 12.6 Å². The van der Waals surface area contributed by atoms with Crippen LogP contribution in [0.3, 0.4) is 0 Å². The molecule has 0 aromatic heterocycles. The molecule has 0 spiro atoms. The van der Waals surface area contributed by atoms with Crippen molar-refractivity contribution in [1.82, 2.24) is 5.32 Å². The molecule has 1 rings (SSSR count). The van der Waals surface area contributed by atoms with Gasteiger partial charge in [0.1, 0.15) is 6.61 Å². The first-order valence-corrected chi connectivity index (χ1v) is 6.90. The quantitative estimate of drug-likeness (QED) is 0.495. The smallest absolute Gasteiger partial charge is 0.311 e. The molecule has 5 heteroatoms. The van der Waals surface area contributed by atoms with Gasteiger partial charge >= 0.3 is 5.69 Å². The second-order valence-corrected chi connectivity index (χ2v) is 6.33. The number of nitrogens with zero attached hydrogens (tertiary/aromatic N) is 1. The number of nitro groups is 1. The average molecular weight is 292 g/mol. The zero-order valence-corrected chi connectivity index (χ0v) is 13.4. The first kappa shape index (κ1) is 17.2. The standard InChI is InChI=1S/C16H24N2O3/c1-11-7-13(3)15(14(8-11)18(19)20)21-10-12(2)9-17-16(4,5)6/h7-8,17H,2,9-10H2,1,3-6H3. The van der Waals surface area contributed by atoms with E-state index in [-0.39, 0.29) is 17.8 Å². The highest BCUT2D eigenvalue weighted by Gasteiger charge is 2.19. The lowest BCUT2D eigenvalue weighted by molar-refractivity contribution is -0.385. The molecule has 1 N–H and O–H groups in total. The minimum Gasteiger partial charge on any atom is -0.482 e. The molecule has 0 saturated heterocycles. The molecule has 0 heterocycles. The topological polar surface area (TPSA) is 64.4 Å². The van der Waals surface area contributed by atoms with Crippen LogP contribution in [0.5, 0.6) is 5.75 Å². The maximum atomic E-state index is 11.1. The summed E-state index contributed by atoms with van der Waals surface area (Å²) >= 11 is 0. The summed E-state index contributed by atoms with van der Waals surface area (Å²) in [6.45, 7) is 14.6. The summed E-state index contributed by atoms with van der Waals surface area (Å²) in [5, 5.41) is 14.4. The molecule has 0 fully saturated rings. The van der Waals surface area contributed by atoms with Gasteiger partial charge in [-0.2, -0.15) is 0 Å². The van der Waals surface area contributed by atoms with Gasteiger partial charge < -0.3 is 10.1 Å². The third kappa shape index (κ3) is 5.55. The van der Waals surface area contributed by atoms with Gasteiger partial charge in [-0.3, -0.25) is 10.1 Å². The van der Waals surface area contributed by atoms with Crippen molar-refractivity contribution < 1.29 is 9.66 Å². The van der Waals surface area contributed by atoms with E-state index in [1.165, 1.54) is 6.07 Å². The van der Waals surface area contributed by atoms with Crippen LogP contribution in [0, 0.1) is 24.0 Å². The summed E-state index contributed by atoms with van der Waals surface area (Å²) < 4.78 is 5.63. The molecule has 5 nitrogen and oxygen atoms in total. The van der Waals surface area contributed by atoms with Crippen molar-refractivity contribution in [3.8, 4) is 5.75 Å². The average Bonchev–Trinajstić information content (AvgIpc) is 2.33. The van der Waals surface area contributed by atoms with Crippen LogP contribution in [-0.2, 0) is 0 Å². The molecule has 1 aromatic carbocycles. The van der Waals surface area contributed by atoms with Gasteiger partial charge in [0, 0.05) is 18.2 Å². The number of hydrogen-bond donors (Lipinski definition) is 1. The number of rotatable bonds is 6. The molecule has 21 heavy (non-hydrogen) atoms. The maximum Gasteiger partial charge on any atom is 0.311 e. The first-order chi connectivity index (χ1) is 9.60. The molecule has 1 aromatic rings. The summed E-state index contributed by atoms with van der Waals surface area (Å²) in [7, 11) is 0. The Hall–Kier alpha value is -1.88. The minimum atomic E-state index is -0.411. The van der Waals surface area contributed by atoms with Gasteiger partial charge in [0.15, 0.2) is 5.75 Å². The van der Waals surface area contributed by atoms with Crippen LogP contribution in [0.15, 0.2) is 24.3 Å². The highest BCUT2D eigenvalue weighted by atomic mass is 16.6. The maximum absolute atomic E-state index is 11.1. The molecular formula is C16H24N2O3. The fourth-order valence-electron chi connectivity index (χ4n) is 1.87. The van der Waals surface area contributed by atoms with Crippen molar-refractivity contribution in [2.24, 2.45) is 0 Å². The highest BCUT2D eigenvalue weighted by Crippen LogP contribution is 2.32. The van der Waals surface area contributed by atoms with Crippen LogP contribution < -0.4 is 10.1 Å². The summed E-state index contributed by atoms with van der Waals surface area (Å²) in [6.07, 6.45) is 0. The molecule has 0 bridgehead atoms. The molecule has 0 atom stereocenters. The van der Waals surface area contributed by atoms with Crippen LogP contribution in [0.25, 0.3) is 0 Å². The van der Waals surface area contributed by atoms with Gasteiger partial charge in [-0.25, -0.2) is 0 Å². The predicted molar refractivity (Wildman–Crippen MR) is 85.0 cm³/mol. The number of ether oxygens (including phenoxy) is 1. The Morgan fingerprint density at radius 3 is 2.52 bits per heavy atom. The van der Waals surface area contributed by atoms with Crippen molar-refractivity contribution in [3.63, 3.8) is 0 Å². The van der Waals surface area contributed by atoms with Crippen LogP contribution >= 0.6 is 0 Å². The number of benzene rings is 1. The van der Waals surface area contributed by atoms with Crippen LogP contribution in [-0.4, -0.2) is 23.6 Å². The fourth-order valence-corrected chi connectivity index (χ4v) is 1.87.